The molecule has 2 rings (SSSR count). The van der Waals surface area contributed by atoms with Gasteiger partial charge in [-0.05, 0) is 30.2 Å². The van der Waals surface area contributed by atoms with Crippen LogP contribution in [-0.2, 0) is 4.79 Å². The summed E-state index contributed by atoms with van der Waals surface area (Å²) in [5, 5.41) is 3.28. The first kappa shape index (κ1) is 11.6. The third-order valence-electron chi connectivity index (χ3n) is 2.23. The molecule has 1 saturated heterocycles. The third kappa shape index (κ3) is 2.29. The zero-order valence-electron chi connectivity index (χ0n) is 8.41. The van der Waals surface area contributed by atoms with Gasteiger partial charge in [0.15, 0.2) is 0 Å². The van der Waals surface area contributed by atoms with E-state index in [0.717, 1.165) is 11.1 Å². The predicted octanol–water partition coefficient (Wildman–Crippen LogP) is 3.22. The molecule has 2 nitrogen and oxygen atoms in total. The van der Waals surface area contributed by atoms with Crippen LogP contribution in [0.4, 0.5) is 0 Å². The molecule has 1 aliphatic heterocycles. The van der Waals surface area contributed by atoms with Gasteiger partial charge >= 0.3 is 0 Å². The molecule has 0 unspecified atom stereocenters. The summed E-state index contributed by atoms with van der Waals surface area (Å²) < 4.78 is 0.508. The summed E-state index contributed by atoms with van der Waals surface area (Å²) in [7, 11) is 0. The van der Waals surface area contributed by atoms with Gasteiger partial charge in [-0.25, -0.2) is 0 Å². The summed E-state index contributed by atoms with van der Waals surface area (Å²) in [6.45, 7) is 1.90. The Morgan fingerprint density at radius 1 is 1.38 bits per heavy atom. The summed E-state index contributed by atoms with van der Waals surface area (Å²) in [4.78, 5) is 12.2. The number of thiocarbonyl (C=S) groups is 1. The Hall–Kier alpha value is -0.840. The number of thioether (sulfide) groups is 1. The second kappa shape index (κ2) is 4.57. The number of benzene rings is 1. The van der Waals surface area contributed by atoms with Gasteiger partial charge < -0.3 is 5.32 Å². The van der Waals surface area contributed by atoms with Gasteiger partial charge in [0.25, 0.3) is 5.91 Å². The fraction of sp³-hybridized carbons (Fsp3) is 0.0909. The summed E-state index contributed by atoms with van der Waals surface area (Å²) in [6, 6.07) is 7.38. The lowest BCUT2D eigenvalue weighted by Gasteiger charge is -2.03. The Labute approximate surface area is 108 Å². The number of hydrogen-bond donors (Lipinski definition) is 1. The highest BCUT2D eigenvalue weighted by molar-refractivity contribution is 8.26. The van der Waals surface area contributed by atoms with Gasteiger partial charge in [0.05, 0.1) is 4.91 Å². The summed E-state index contributed by atoms with van der Waals surface area (Å²) in [5.74, 6) is -0.123. The average Bonchev–Trinajstić information content (AvgIpc) is 2.58. The smallest absolute Gasteiger partial charge is 0.263 e. The number of hydrogen-bond acceptors (Lipinski definition) is 3. The molecule has 1 amide bonds. The highest BCUT2D eigenvalue weighted by Gasteiger charge is 2.24. The standard InChI is InChI=1S/C11H8ClNOS2/c1-6(7-2-4-8(12)5-3-7)9-10(14)13-11(15)16-9/h2-5H,1H3,(H,13,14,15)/b9-6-. The van der Waals surface area contributed by atoms with Crippen molar-refractivity contribution in [2.24, 2.45) is 0 Å². The van der Waals surface area contributed by atoms with Crippen LogP contribution >= 0.6 is 35.6 Å². The first-order chi connectivity index (χ1) is 7.58. The van der Waals surface area contributed by atoms with Crippen molar-refractivity contribution in [1.29, 1.82) is 0 Å². The van der Waals surface area contributed by atoms with Crippen LogP contribution in [0.2, 0.25) is 5.02 Å². The number of halogens is 1. The molecule has 0 spiro atoms. The molecule has 1 aromatic carbocycles. The van der Waals surface area contributed by atoms with Crippen molar-refractivity contribution < 1.29 is 4.79 Å². The molecule has 1 aliphatic rings. The van der Waals surface area contributed by atoms with Crippen LogP contribution in [-0.4, -0.2) is 10.2 Å². The fourth-order valence-electron chi connectivity index (χ4n) is 1.39. The average molecular weight is 270 g/mol. The van der Waals surface area contributed by atoms with Gasteiger partial charge in [0, 0.05) is 5.02 Å². The van der Waals surface area contributed by atoms with Crippen LogP contribution in [0.5, 0.6) is 0 Å². The summed E-state index contributed by atoms with van der Waals surface area (Å²) >= 11 is 12.0. The van der Waals surface area contributed by atoms with Gasteiger partial charge in [0.2, 0.25) is 0 Å². The molecule has 5 heteroatoms. The molecule has 0 bridgehead atoms. The van der Waals surface area contributed by atoms with E-state index in [-0.39, 0.29) is 5.91 Å². The zero-order chi connectivity index (χ0) is 11.7. The quantitative estimate of drug-likeness (QED) is 0.627. The maximum Gasteiger partial charge on any atom is 0.263 e. The lowest BCUT2D eigenvalue weighted by Crippen LogP contribution is -2.18. The van der Waals surface area contributed by atoms with E-state index in [9.17, 15) is 4.79 Å². The van der Waals surface area contributed by atoms with Gasteiger partial charge in [-0.1, -0.05) is 47.7 Å². The van der Waals surface area contributed by atoms with Crippen LogP contribution in [0.15, 0.2) is 29.2 Å². The van der Waals surface area contributed by atoms with Crippen molar-refractivity contribution in [3.8, 4) is 0 Å². The van der Waals surface area contributed by atoms with Gasteiger partial charge in [-0.2, -0.15) is 0 Å². The third-order valence-corrected chi connectivity index (χ3v) is 3.82. The van der Waals surface area contributed by atoms with Crippen LogP contribution in [0, 0.1) is 0 Å². The topological polar surface area (TPSA) is 29.1 Å². The van der Waals surface area contributed by atoms with E-state index < -0.39 is 0 Å². The Morgan fingerprint density at radius 3 is 2.50 bits per heavy atom. The highest BCUT2D eigenvalue weighted by atomic mass is 35.5. The van der Waals surface area contributed by atoms with Crippen molar-refractivity contribution in [3.63, 3.8) is 0 Å². The van der Waals surface area contributed by atoms with Crippen molar-refractivity contribution in [1.82, 2.24) is 5.32 Å². The Kier molecular flexibility index (Phi) is 3.33. The summed E-state index contributed by atoms with van der Waals surface area (Å²) in [5.41, 5.74) is 1.89. The number of nitrogens with one attached hydrogen (secondary N) is 1. The number of amides is 1. The normalized spacial score (nSPS) is 18.6. The SMILES string of the molecule is C/C(=C1/SC(=S)NC1=O)c1ccc(Cl)cc1. The van der Waals surface area contributed by atoms with Crippen molar-refractivity contribution in [3.05, 3.63) is 39.8 Å². The highest BCUT2D eigenvalue weighted by Crippen LogP contribution is 2.31. The maximum absolute atomic E-state index is 11.6. The first-order valence-electron chi connectivity index (χ1n) is 4.58. The minimum atomic E-state index is -0.123. The second-order valence-electron chi connectivity index (χ2n) is 3.30. The number of carbonyl (C=O) groups excluding carboxylic acids is 1. The monoisotopic (exact) mass is 269 g/mol. The lowest BCUT2D eigenvalue weighted by molar-refractivity contribution is -0.115. The first-order valence-corrected chi connectivity index (χ1v) is 6.18. The number of carbonyl (C=O) groups is 1. The molecule has 1 aromatic rings. The van der Waals surface area contributed by atoms with Gasteiger partial charge in [0.1, 0.15) is 4.32 Å². The molecule has 16 heavy (non-hydrogen) atoms. The molecule has 0 radical (unpaired) electrons. The van der Waals surface area contributed by atoms with Crippen LogP contribution in [0.3, 0.4) is 0 Å². The van der Waals surface area contributed by atoms with Crippen molar-refractivity contribution in [2.45, 2.75) is 6.92 Å². The molecule has 1 heterocycles. The molecule has 82 valence electrons. The van der Waals surface area contributed by atoms with Crippen LogP contribution < -0.4 is 5.32 Å². The minimum absolute atomic E-state index is 0.123. The maximum atomic E-state index is 11.6. The van der Waals surface area contributed by atoms with E-state index in [4.69, 9.17) is 23.8 Å². The Morgan fingerprint density at radius 2 is 2.00 bits per heavy atom. The predicted molar refractivity (Wildman–Crippen MR) is 72.4 cm³/mol. The van der Waals surface area contributed by atoms with E-state index in [1.54, 1.807) is 12.1 Å². The lowest BCUT2D eigenvalue weighted by atomic mass is 10.1. The largest absolute Gasteiger partial charge is 0.307 e. The van der Waals surface area contributed by atoms with E-state index >= 15 is 0 Å². The molecular formula is C11H8ClNOS2. The fourth-order valence-corrected chi connectivity index (χ4v) is 2.60. The minimum Gasteiger partial charge on any atom is -0.307 e. The Balaban J connectivity index is 2.41. The van der Waals surface area contributed by atoms with E-state index in [2.05, 4.69) is 5.32 Å². The van der Waals surface area contributed by atoms with Crippen molar-refractivity contribution in [2.75, 3.05) is 0 Å². The summed E-state index contributed by atoms with van der Waals surface area (Å²) in [6.07, 6.45) is 0. The van der Waals surface area contributed by atoms with Crippen LogP contribution in [0.1, 0.15) is 12.5 Å². The van der Waals surface area contributed by atoms with E-state index in [1.165, 1.54) is 11.8 Å². The Bertz CT molecular complexity index is 493. The second-order valence-corrected chi connectivity index (χ2v) is 5.43. The van der Waals surface area contributed by atoms with Crippen LogP contribution in [0.25, 0.3) is 5.57 Å². The number of allylic oxidation sites excluding steroid dienone is 1. The molecular weight excluding hydrogens is 262 g/mol. The molecule has 0 saturated carbocycles. The molecule has 0 aliphatic carbocycles. The molecule has 0 aromatic heterocycles. The van der Waals surface area contributed by atoms with Crippen molar-refractivity contribution >= 4 is 51.4 Å². The molecule has 0 atom stereocenters. The van der Waals surface area contributed by atoms with E-state index in [0.29, 0.717) is 14.2 Å². The van der Waals surface area contributed by atoms with Gasteiger partial charge in [-0.15, -0.1) is 0 Å². The zero-order valence-corrected chi connectivity index (χ0v) is 10.8. The van der Waals surface area contributed by atoms with E-state index in [1.807, 2.05) is 19.1 Å². The molecule has 1 N–H and O–H groups in total. The number of rotatable bonds is 1. The molecule has 1 fully saturated rings. The van der Waals surface area contributed by atoms with Gasteiger partial charge in [-0.3, -0.25) is 4.79 Å².